The molecule has 2 rings (SSSR count). The standard InChI is InChI=1S/C16H27N3O2/c1-4-7-19-13(3)15(10-17-19)16(20)18-8-6-14(11-18)12-21-9-5-2/h10,14H,4-9,11-12H2,1-3H3/t14-/m1/s1. The summed E-state index contributed by atoms with van der Waals surface area (Å²) in [6.45, 7) is 10.3. The number of carbonyl (C=O) groups excluding carboxylic acids is 1. The summed E-state index contributed by atoms with van der Waals surface area (Å²) in [5.74, 6) is 0.597. The predicted octanol–water partition coefficient (Wildman–Crippen LogP) is 2.49. The van der Waals surface area contributed by atoms with Crippen LogP contribution >= 0.6 is 0 Å². The second kappa shape index (κ2) is 7.59. The van der Waals surface area contributed by atoms with Crippen LogP contribution in [-0.4, -0.2) is 46.9 Å². The molecule has 0 aliphatic carbocycles. The summed E-state index contributed by atoms with van der Waals surface area (Å²) in [6.07, 6.45) is 4.83. The first-order valence-corrected chi connectivity index (χ1v) is 8.06. The van der Waals surface area contributed by atoms with Crippen LogP contribution in [-0.2, 0) is 11.3 Å². The Labute approximate surface area is 127 Å². The summed E-state index contributed by atoms with van der Waals surface area (Å²) in [6, 6.07) is 0. The topological polar surface area (TPSA) is 47.4 Å². The summed E-state index contributed by atoms with van der Waals surface area (Å²) in [7, 11) is 0. The van der Waals surface area contributed by atoms with Crippen LogP contribution in [0.3, 0.4) is 0 Å². The van der Waals surface area contributed by atoms with E-state index in [-0.39, 0.29) is 5.91 Å². The van der Waals surface area contributed by atoms with Gasteiger partial charge in [0.15, 0.2) is 0 Å². The van der Waals surface area contributed by atoms with Gasteiger partial charge in [-0.1, -0.05) is 13.8 Å². The monoisotopic (exact) mass is 293 g/mol. The van der Waals surface area contributed by atoms with E-state index in [0.717, 1.165) is 63.4 Å². The molecule has 1 aliphatic heterocycles. The van der Waals surface area contributed by atoms with Gasteiger partial charge in [-0.3, -0.25) is 9.48 Å². The van der Waals surface area contributed by atoms with Crippen molar-refractivity contribution in [3.05, 3.63) is 17.5 Å². The maximum absolute atomic E-state index is 12.6. The van der Waals surface area contributed by atoms with E-state index in [9.17, 15) is 4.79 Å². The zero-order chi connectivity index (χ0) is 15.2. The summed E-state index contributed by atoms with van der Waals surface area (Å²) >= 11 is 0. The fourth-order valence-corrected chi connectivity index (χ4v) is 2.81. The van der Waals surface area contributed by atoms with Crippen LogP contribution in [0.4, 0.5) is 0 Å². The molecule has 5 nitrogen and oxygen atoms in total. The first kappa shape index (κ1) is 16.0. The quantitative estimate of drug-likeness (QED) is 0.726. The first-order valence-electron chi connectivity index (χ1n) is 8.06. The minimum atomic E-state index is 0.118. The van der Waals surface area contributed by atoms with Crippen LogP contribution in [0.25, 0.3) is 0 Å². The van der Waals surface area contributed by atoms with Gasteiger partial charge in [0.25, 0.3) is 5.91 Å². The minimum absolute atomic E-state index is 0.118. The molecule has 0 N–H and O–H groups in total. The van der Waals surface area contributed by atoms with Crippen molar-refractivity contribution in [3.63, 3.8) is 0 Å². The second-order valence-electron chi connectivity index (χ2n) is 5.85. The largest absolute Gasteiger partial charge is 0.381 e. The number of hydrogen-bond acceptors (Lipinski definition) is 3. The van der Waals surface area contributed by atoms with E-state index in [1.165, 1.54) is 0 Å². The van der Waals surface area contributed by atoms with Gasteiger partial charge in [-0.15, -0.1) is 0 Å². The van der Waals surface area contributed by atoms with E-state index < -0.39 is 0 Å². The molecule has 0 aromatic carbocycles. The number of aryl methyl sites for hydroxylation is 1. The lowest BCUT2D eigenvalue weighted by Crippen LogP contribution is -2.29. The maximum atomic E-state index is 12.6. The lowest BCUT2D eigenvalue weighted by atomic mass is 10.1. The predicted molar refractivity (Wildman–Crippen MR) is 82.4 cm³/mol. The van der Waals surface area contributed by atoms with E-state index >= 15 is 0 Å². The molecule has 1 aromatic heterocycles. The number of nitrogens with zero attached hydrogens (tertiary/aromatic N) is 3. The van der Waals surface area contributed by atoms with Gasteiger partial charge >= 0.3 is 0 Å². The van der Waals surface area contributed by atoms with Crippen molar-refractivity contribution in [2.24, 2.45) is 5.92 Å². The van der Waals surface area contributed by atoms with Crippen LogP contribution < -0.4 is 0 Å². The van der Waals surface area contributed by atoms with Gasteiger partial charge in [-0.05, 0) is 26.2 Å². The highest BCUT2D eigenvalue weighted by molar-refractivity contribution is 5.95. The first-order chi connectivity index (χ1) is 10.2. The van der Waals surface area contributed by atoms with Gasteiger partial charge < -0.3 is 9.64 Å². The Hall–Kier alpha value is -1.36. The van der Waals surface area contributed by atoms with Crippen molar-refractivity contribution in [3.8, 4) is 0 Å². The number of amides is 1. The Morgan fingerprint density at radius 1 is 1.43 bits per heavy atom. The molecular weight excluding hydrogens is 266 g/mol. The lowest BCUT2D eigenvalue weighted by molar-refractivity contribution is 0.0753. The van der Waals surface area contributed by atoms with Crippen molar-refractivity contribution in [1.29, 1.82) is 0 Å². The molecule has 2 heterocycles. The fourth-order valence-electron chi connectivity index (χ4n) is 2.81. The van der Waals surface area contributed by atoms with Gasteiger partial charge in [0.05, 0.1) is 18.4 Å². The van der Waals surface area contributed by atoms with E-state index in [0.29, 0.717) is 5.92 Å². The highest BCUT2D eigenvalue weighted by Gasteiger charge is 2.28. The number of carbonyl (C=O) groups is 1. The van der Waals surface area contributed by atoms with Crippen molar-refractivity contribution < 1.29 is 9.53 Å². The summed E-state index contributed by atoms with van der Waals surface area (Å²) in [5, 5.41) is 4.32. The molecule has 1 fully saturated rings. The molecule has 0 spiro atoms. The van der Waals surface area contributed by atoms with E-state index in [1.807, 2.05) is 16.5 Å². The SMILES string of the molecule is CCCOC[C@@H]1CCN(C(=O)c2cnn(CCC)c2C)C1. The molecule has 1 amide bonds. The summed E-state index contributed by atoms with van der Waals surface area (Å²) < 4.78 is 7.53. The van der Waals surface area contributed by atoms with Crippen molar-refractivity contribution in [2.45, 2.75) is 46.6 Å². The van der Waals surface area contributed by atoms with Gasteiger partial charge in [-0.2, -0.15) is 5.10 Å². The van der Waals surface area contributed by atoms with Gasteiger partial charge in [0, 0.05) is 37.9 Å². The summed E-state index contributed by atoms with van der Waals surface area (Å²) in [4.78, 5) is 14.5. The fraction of sp³-hybridized carbons (Fsp3) is 0.750. The highest BCUT2D eigenvalue weighted by Crippen LogP contribution is 2.20. The Morgan fingerprint density at radius 3 is 2.95 bits per heavy atom. The van der Waals surface area contributed by atoms with E-state index in [4.69, 9.17) is 4.74 Å². The third-order valence-corrected chi connectivity index (χ3v) is 4.04. The molecule has 1 saturated heterocycles. The molecule has 0 saturated carbocycles. The van der Waals surface area contributed by atoms with Gasteiger partial charge in [-0.25, -0.2) is 0 Å². The normalized spacial score (nSPS) is 18.4. The Morgan fingerprint density at radius 2 is 2.24 bits per heavy atom. The van der Waals surface area contributed by atoms with E-state index in [2.05, 4.69) is 18.9 Å². The average molecular weight is 293 g/mol. The highest BCUT2D eigenvalue weighted by atomic mass is 16.5. The van der Waals surface area contributed by atoms with Crippen LogP contribution in [0.1, 0.15) is 49.2 Å². The van der Waals surface area contributed by atoms with Crippen molar-refractivity contribution in [2.75, 3.05) is 26.3 Å². The Bertz CT molecular complexity index is 470. The zero-order valence-electron chi connectivity index (χ0n) is 13.5. The smallest absolute Gasteiger partial charge is 0.257 e. The number of likely N-dealkylation sites (tertiary alicyclic amines) is 1. The molecule has 1 aromatic rings. The molecule has 0 radical (unpaired) electrons. The van der Waals surface area contributed by atoms with Gasteiger partial charge in [0.1, 0.15) is 0 Å². The third kappa shape index (κ3) is 3.84. The number of hydrogen-bond donors (Lipinski definition) is 0. The molecule has 0 bridgehead atoms. The molecule has 118 valence electrons. The minimum Gasteiger partial charge on any atom is -0.381 e. The van der Waals surface area contributed by atoms with Crippen LogP contribution in [0.15, 0.2) is 6.20 Å². The van der Waals surface area contributed by atoms with E-state index in [1.54, 1.807) is 6.20 Å². The molecule has 21 heavy (non-hydrogen) atoms. The van der Waals surface area contributed by atoms with Crippen LogP contribution in [0, 0.1) is 12.8 Å². The molecule has 1 atom stereocenters. The Balaban J connectivity index is 1.92. The van der Waals surface area contributed by atoms with Crippen molar-refractivity contribution in [1.82, 2.24) is 14.7 Å². The molecule has 1 aliphatic rings. The number of rotatable bonds is 7. The van der Waals surface area contributed by atoms with Crippen LogP contribution in [0.2, 0.25) is 0 Å². The van der Waals surface area contributed by atoms with Gasteiger partial charge in [0.2, 0.25) is 0 Å². The molecule has 5 heteroatoms. The molecule has 0 unspecified atom stereocenters. The second-order valence-corrected chi connectivity index (χ2v) is 5.85. The summed E-state index contributed by atoms with van der Waals surface area (Å²) in [5.41, 5.74) is 1.73. The maximum Gasteiger partial charge on any atom is 0.257 e. The Kier molecular flexibility index (Phi) is 5.79. The zero-order valence-corrected chi connectivity index (χ0v) is 13.5. The lowest BCUT2D eigenvalue weighted by Gasteiger charge is -2.16. The average Bonchev–Trinajstić information content (AvgIpc) is 3.07. The van der Waals surface area contributed by atoms with Crippen molar-refractivity contribution >= 4 is 5.91 Å². The molecular formula is C16H27N3O2. The number of aromatic nitrogens is 2. The number of ether oxygens (including phenoxy) is 1. The van der Waals surface area contributed by atoms with Crippen LogP contribution in [0.5, 0.6) is 0 Å². The third-order valence-electron chi connectivity index (χ3n) is 4.04.